The molecule has 2 unspecified atom stereocenters. The number of carbonyl (C=O) groups excluding carboxylic acids is 1. The monoisotopic (exact) mass is 211 g/mol. The topological polar surface area (TPSA) is 66.8 Å². The number of nitrogens with zero attached hydrogens (tertiary/aromatic N) is 1. The van der Waals surface area contributed by atoms with Crippen LogP contribution in [0.4, 0.5) is 0 Å². The molecule has 3 aliphatic rings. The number of hydrogen-bond acceptors (Lipinski definition) is 3. The summed E-state index contributed by atoms with van der Waals surface area (Å²) in [6.07, 6.45) is 2.01. The van der Waals surface area contributed by atoms with Gasteiger partial charge in [0.05, 0.1) is 18.8 Å². The van der Waals surface area contributed by atoms with E-state index in [4.69, 9.17) is 9.84 Å². The van der Waals surface area contributed by atoms with Crippen molar-refractivity contribution in [3.05, 3.63) is 0 Å². The van der Waals surface area contributed by atoms with Crippen LogP contribution in [0, 0.1) is 5.41 Å². The van der Waals surface area contributed by atoms with Crippen LogP contribution in [-0.4, -0.2) is 47.2 Å². The van der Waals surface area contributed by atoms with Gasteiger partial charge in [0.25, 0.3) is 0 Å². The quantitative estimate of drug-likeness (QED) is 0.645. The Labute approximate surface area is 87.0 Å². The lowest BCUT2D eigenvalue weighted by molar-refractivity contribution is -0.155. The first-order chi connectivity index (χ1) is 7.13. The van der Waals surface area contributed by atoms with E-state index in [2.05, 4.69) is 0 Å². The summed E-state index contributed by atoms with van der Waals surface area (Å²) in [6.45, 7) is 1.16. The molecular formula is C10H13NO4. The van der Waals surface area contributed by atoms with Crippen LogP contribution in [0.1, 0.15) is 19.3 Å². The van der Waals surface area contributed by atoms with Crippen LogP contribution in [0.2, 0.25) is 0 Å². The van der Waals surface area contributed by atoms with Crippen LogP contribution in [0.5, 0.6) is 0 Å². The van der Waals surface area contributed by atoms with E-state index >= 15 is 0 Å². The number of carboxylic acids is 1. The van der Waals surface area contributed by atoms with Gasteiger partial charge in [0, 0.05) is 6.54 Å². The third kappa shape index (κ3) is 1.13. The van der Waals surface area contributed by atoms with E-state index in [-0.39, 0.29) is 18.1 Å². The van der Waals surface area contributed by atoms with Crippen molar-refractivity contribution in [2.75, 3.05) is 13.2 Å². The maximum absolute atomic E-state index is 12.1. The summed E-state index contributed by atoms with van der Waals surface area (Å²) < 4.78 is 5.38. The van der Waals surface area contributed by atoms with Crippen LogP contribution in [0.15, 0.2) is 0 Å². The van der Waals surface area contributed by atoms with Gasteiger partial charge in [-0.15, -0.1) is 0 Å². The van der Waals surface area contributed by atoms with E-state index < -0.39 is 11.4 Å². The van der Waals surface area contributed by atoms with Crippen LogP contribution in [-0.2, 0) is 14.3 Å². The summed E-state index contributed by atoms with van der Waals surface area (Å²) >= 11 is 0. The standard InChI is InChI=1S/C10H13NO4/c12-8(10(1-2-10)9(13)14)11-4-7-3-6(11)5-15-7/h6-7H,1-5H2,(H,13,14). The number of carbonyl (C=O) groups is 2. The summed E-state index contributed by atoms with van der Waals surface area (Å²) in [5, 5.41) is 9.03. The Hall–Kier alpha value is -1.10. The summed E-state index contributed by atoms with van der Waals surface area (Å²) in [5.74, 6) is -1.15. The molecule has 2 saturated heterocycles. The molecule has 15 heavy (non-hydrogen) atoms. The second-order valence-electron chi connectivity index (χ2n) is 4.69. The fourth-order valence-corrected chi connectivity index (χ4v) is 2.57. The van der Waals surface area contributed by atoms with Crippen molar-refractivity contribution in [2.24, 2.45) is 5.41 Å². The zero-order valence-corrected chi connectivity index (χ0v) is 8.31. The van der Waals surface area contributed by atoms with Crippen LogP contribution >= 0.6 is 0 Å². The smallest absolute Gasteiger partial charge is 0.319 e. The zero-order valence-electron chi connectivity index (χ0n) is 8.31. The van der Waals surface area contributed by atoms with Crippen molar-refractivity contribution < 1.29 is 19.4 Å². The number of likely N-dealkylation sites (tertiary alicyclic amines) is 1. The molecule has 3 fully saturated rings. The van der Waals surface area contributed by atoms with Crippen molar-refractivity contribution in [2.45, 2.75) is 31.4 Å². The van der Waals surface area contributed by atoms with Crippen LogP contribution in [0.3, 0.4) is 0 Å². The highest BCUT2D eigenvalue weighted by Gasteiger charge is 2.60. The zero-order chi connectivity index (χ0) is 10.6. The molecule has 0 radical (unpaired) electrons. The third-order valence-corrected chi connectivity index (χ3v) is 3.73. The molecule has 2 aliphatic heterocycles. The lowest BCUT2D eigenvalue weighted by Gasteiger charge is -2.29. The Bertz CT molecular complexity index is 336. The normalized spacial score (nSPS) is 35.6. The Kier molecular flexibility index (Phi) is 1.66. The first kappa shape index (κ1) is 9.15. The molecule has 0 aromatic heterocycles. The molecule has 1 saturated carbocycles. The van der Waals surface area contributed by atoms with Gasteiger partial charge in [0.2, 0.25) is 5.91 Å². The van der Waals surface area contributed by atoms with Gasteiger partial charge in [-0.25, -0.2) is 0 Å². The fraction of sp³-hybridized carbons (Fsp3) is 0.800. The molecule has 0 aromatic rings. The lowest BCUT2D eigenvalue weighted by Crippen LogP contribution is -2.47. The van der Waals surface area contributed by atoms with Gasteiger partial charge in [0.1, 0.15) is 5.41 Å². The van der Waals surface area contributed by atoms with Crippen molar-refractivity contribution in [3.63, 3.8) is 0 Å². The maximum Gasteiger partial charge on any atom is 0.319 e. The second kappa shape index (κ2) is 2.72. The summed E-state index contributed by atoms with van der Waals surface area (Å²) in [5.41, 5.74) is -1.08. The van der Waals surface area contributed by atoms with E-state index in [1.807, 2.05) is 0 Å². The highest BCUT2D eigenvalue weighted by Crippen LogP contribution is 2.49. The van der Waals surface area contributed by atoms with Crippen LogP contribution < -0.4 is 0 Å². The average molecular weight is 211 g/mol. The van der Waals surface area contributed by atoms with Gasteiger partial charge in [-0.05, 0) is 19.3 Å². The minimum atomic E-state index is -1.08. The van der Waals surface area contributed by atoms with Gasteiger partial charge in [-0.2, -0.15) is 0 Å². The second-order valence-corrected chi connectivity index (χ2v) is 4.69. The molecule has 5 nitrogen and oxygen atoms in total. The van der Waals surface area contributed by atoms with E-state index in [0.29, 0.717) is 26.0 Å². The molecule has 1 amide bonds. The molecular weight excluding hydrogens is 198 g/mol. The number of aliphatic carboxylic acids is 1. The van der Waals surface area contributed by atoms with E-state index in [1.54, 1.807) is 4.90 Å². The van der Waals surface area contributed by atoms with Gasteiger partial charge >= 0.3 is 5.97 Å². The van der Waals surface area contributed by atoms with Crippen molar-refractivity contribution in [1.29, 1.82) is 0 Å². The summed E-state index contributed by atoms with van der Waals surface area (Å²) in [7, 11) is 0. The Balaban J connectivity index is 1.78. The summed E-state index contributed by atoms with van der Waals surface area (Å²) in [6, 6.07) is 0.124. The average Bonchev–Trinajstić information content (AvgIpc) is 2.77. The molecule has 1 N–H and O–H groups in total. The number of morpholine rings is 1. The van der Waals surface area contributed by atoms with Crippen molar-refractivity contribution in [3.8, 4) is 0 Å². The number of rotatable bonds is 2. The van der Waals surface area contributed by atoms with Crippen LogP contribution in [0.25, 0.3) is 0 Å². The van der Waals surface area contributed by atoms with Gasteiger partial charge < -0.3 is 14.7 Å². The van der Waals surface area contributed by atoms with E-state index in [1.165, 1.54) is 0 Å². The molecule has 0 aromatic carbocycles. The van der Waals surface area contributed by atoms with Crippen molar-refractivity contribution >= 4 is 11.9 Å². The minimum absolute atomic E-state index is 0.124. The number of amides is 1. The lowest BCUT2D eigenvalue weighted by atomic mass is 10.1. The molecule has 3 rings (SSSR count). The largest absolute Gasteiger partial charge is 0.480 e. The SMILES string of the molecule is O=C(O)C1(C(=O)N2CC3CC2CO3)CC1. The predicted octanol–water partition coefficient (Wildman–Crippen LogP) is -0.149. The number of ether oxygens (including phenoxy) is 1. The van der Waals surface area contributed by atoms with Gasteiger partial charge in [-0.3, -0.25) is 9.59 Å². The molecule has 2 bridgehead atoms. The number of hydrogen-bond donors (Lipinski definition) is 1. The predicted molar refractivity (Wildman–Crippen MR) is 49.2 cm³/mol. The minimum Gasteiger partial charge on any atom is -0.480 e. The Morgan fingerprint density at radius 2 is 2.13 bits per heavy atom. The number of carboxylic acid groups (broad SMARTS) is 1. The highest BCUT2D eigenvalue weighted by molar-refractivity contribution is 6.05. The molecule has 0 spiro atoms. The van der Waals surface area contributed by atoms with E-state index in [0.717, 1.165) is 6.42 Å². The molecule has 2 heterocycles. The first-order valence-corrected chi connectivity index (χ1v) is 5.29. The number of fused-ring (bicyclic) bond motifs is 2. The Morgan fingerprint density at radius 1 is 1.40 bits per heavy atom. The molecule has 1 aliphatic carbocycles. The Morgan fingerprint density at radius 3 is 2.53 bits per heavy atom. The summed E-state index contributed by atoms with van der Waals surface area (Å²) in [4.78, 5) is 24.8. The molecule has 82 valence electrons. The van der Waals surface area contributed by atoms with Gasteiger partial charge in [0.15, 0.2) is 0 Å². The third-order valence-electron chi connectivity index (χ3n) is 3.73. The highest BCUT2D eigenvalue weighted by atomic mass is 16.5. The van der Waals surface area contributed by atoms with E-state index in [9.17, 15) is 9.59 Å². The van der Waals surface area contributed by atoms with Gasteiger partial charge in [-0.1, -0.05) is 0 Å². The fourth-order valence-electron chi connectivity index (χ4n) is 2.57. The van der Waals surface area contributed by atoms with Crippen molar-refractivity contribution in [1.82, 2.24) is 4.90 Å². The molecule has 2 atom stereocenters. The molecule has 5 heteroatoms. The maximum atomic E-state index is 12.1. The first-order valence-electron chi connectivity index (χ1n) is 5.29.